The highest BCUT2D eigenvalue weighted by atomic mass is 16.5. The normalized spacial score (nSPS) is 18.3. The average molecular weight is 418 g/mol. The van der Waals surface area contributed by atoms with Crippen molar-refractivity contribution in [1.82, 2.24) is 10.2 Å². The van der Waals surface area contributed by atoms with E-state index in [1.807, 2.05) is 66.7 Å². The smallest absolute Gasteiger partial charge is 0.325 e. The Morgan fingerprint density at radius 3 is 2.23 bits per heavy atom. The molecular weight excluding hydrogens is 392 g/mol. The van der Waals surface area contributed by atoms with E-state index < -0.39 is 11.6 Å². The molecule has 0 radical (unpaired) electrons. The van der Waals surface area contributed by atoms with Gasteiger partial charge in [0.1, 0.15) is 23.6 Å². The summed E-state index contributed by atoms with van der Waals surface area (Å²) in [5.41, 5.74) is -0.328. The molecule has 3 aromatic rings. The number of nitrogens with one attached hydrogen (secondary N) is 1. The molecular formula is C25H26N2O4. The topological polar surface area (TPSA) is 67.9 Å². The lowest BCUT2D eigenvalue weighted by Gasteiger charge is -2.24. The lowest BCUT2D eigenvalue weighted by Crippen LogP contribution is -2.41. The van der Waals surface area contributed by atoms with Crippen LogP contribution in [0.15, 0.2) is 66.7 Å². The molecule has 3 amide bonds. The van der Waals surface area contributed by atoms with Crippen LogP contribution in [0.1, 0.15) is 25.8 Å². The molecule has 1 aliphatic heterocycles. The van der Waals surface area contributed by atoms with Crippen molar-refractivity contribution in [1.29, 1.82) is 0 Å². The van der Waals surface area contributed by atoms with Crippen molar-refractivity contribution < 1.29 is 19.1 Å². The molecule has 160 valence electrons. The molecule has 31 heavy (non-hydrogen) atoms. The van der Waals surface area contributed by atoms with Gasteiger partial charge in [0.05, 0.1) is 13.2 Å². The summed E-state index contributed by atoms with van der Waals surface area (Å²) in [5.74, 6) is 1.17. The number of nitrogens with zero attached hydrogens (tertiary/aromatic N) is 1. The van der Waals surface area contributed by atoms with Crippen LogP contribution >= 0.6 is 0 Å². The maximum atomic E-state index is 13.2. The Balaban J connectivity index is 1.44. The van der Waals surface area contributed by atoms with Gasteiger partial charge in [-0.25, -0.2) is 4.79 Å². The number of hydrogen-bond donors (Lipinski definition) is 1. The first kappa shape index (κ1) is 20.7. The fourth-order valence-corrected chi connectivity index (χ4v) is 3.85. The van der Waals surface area contributed by atoms with Crippen LogP contribution in [0.3, 0.4) is 0 Å². The van der Waals surface area contributed by atoms with Crippen LogP contribution in [0.4, 0.5) is 4.79 Å². The Morgan fingerprint density at radius 1 is 0.871 bits per heavy atom. The molecule has 0 aliphatic carbocycles. The van der Waals surface area contributed by atoms with Crippen molar-refractivity contribution >= 4 is 22.7 Å². The molecule has 0 aromatic heterocycles. The second kappa shape index (κ2) is 8.68. The van der Waals surface area contributed by atoms with Gasteiger partial charge >= 0.3 is 6.03 Å². The van der Waals surface area contributed by atoms with Gasteiger partial charge in [0, 0.05) is 0 Å². The number of ether oxygens (including phenoxy) is 2. The monoisotopic (exact) mass is 418 g/mol. The number of hydrogen-bond acceptors (Lipinski definition) is 4. The van der Waals surface area contributed by atoms with E-state index in [2.05, 4.69) is 12.2 Å². The predicted octanol–water partition coefficient (Wildman–Crippen LogP) is 4.47. The first-order chi connectivity index (χ1) is 15.0. The first-order valence-corrected chi connectivity index (χ1v) is 10.5. The minimum atomic E-state index is -1.11. The maximum absolute atomic E-state index is 13.2. The highest BCUT2D eigenvalue weighted by molar-refractivity contribution is 6.09. The quantitative estimate of drug-likeness (QED) is 0.548. The molecule has 4 rings (SSSR count). The molecule has 1 unspecified atom stereocenters. The zero-order chi connectivity index (χ0) is 21.8. The zero-order valence-corrected chi connectivity index (χ0v) is 17.8. The van der Waals surface area contributed by atoms with Crippen LogP contribution in [0.5, 0.6) is 11.5 Å². The molecule has 1 heterocycles. The first-order valence-electron chi connectivity index (χ1n) is 10.5. The number of imide groups is 1. The van der Waals surface area contributed by atoms with Crippen molar-refractivity contribution in [3.05, 3.63) is 72.3 Å². The van der Waals surface area contributed by atoms with Crippen LogP contribution in [0.25, 0.3) is 10.8 Å². The summed E-state index contributed by atoms with van der Waals surface area (Å²) in [7, 11) is 0. The standard InChI is InChI=1S/C25H26N2O4/c1-3-16-30-19-11-13-20(14-12-19)31-17-15-27-23(28)25(2,26-24(27)29)22-10-6-8-18-7-4-5-9-21(18)22/h4-14H,3,15-17H2,1-2H3,(H,26,29). The molecule has 1 aliphatic rings. The fraction of sp³-hybridized carbons (Fsp3) is 0.280. The summed E-state index contributed by atoms with van der Waals surface area (Å²) in [6.45, 7) is 4.85. The van der Waals surface area contributed by atoms with Gasteiger partial charge in [-0.2, -0.15) is 0 Å². The van der Waals surface area contributed by atoms with Gasteiger partial charge in [0.15, 0.2) is 0 Å². The third-order valence-corrected chi connectivity index (χ3v) is 5.48. The van der Waals surface area contributed by atoms with E-state index >= 15 is 0 Å². The van der Waals surface area contributed by atoms with Gasteiger partial charge < -0.3 is 14.8 Å². The highest BCUT2D eigenvalue weighted by Gasteiger charge is 2.49. The van der Waals surface area contributed by atoms with Gasteiger partial charge in [-0.15, -0.1) is 0 Å². The second-order valence-electron chi connectivity index (χ2n) is 7.71. The van der Waals surface area contributed by atoms with E-state index in [-0.39, 0.29) is 19.1 Å². The fourth-order valence-electron chi connectivity index (χ4n) is 3.85. The summed E-state index contributed by atoms with van der Waals surface area (Å²) in [6.07, 6.45) is 0.946. The van der Waals surface area contributed by atoms with Crippen LogP contribution in [0, 0.1) is 0 Å². The minimum Gasteiger partial charge on any atom is -0.494 e. The number of benzene rings is 3. The second-order valence-corrected chi connectivity index (χ2v) is 7.71. The Morgan fingerprint density at radius 2 is 1.52 bits per heavy atom. The Labute approximate surface area is 181 Å². The van der Waals surface area contributed by atoms with Gasteiger partial charge in [-0.05, 0) is 53.9 Å². The van der Waals surface area contributed by atoms with Gasteiger partial charge in [0.2, 0.25) is 0 Å². The lowest BCUT2D eigenvalue weighted by molar-refractivity contribution is -0.131. The number of fused-ring (bicyclic) bond motifs is 1. The third kappa shape index (κ3) is 4.06. The summed E-state index contributed by atoms with van der Waals surface area (Å²) < 4.78 is 11.3. The summed E-state index contributed by atoms with van der Waals surface area (Å²) in [6, 6.07) is 20.5. The largest absolute Gasteiger partial charge is 0.494 e. The molecule has 0 saturated carbocycles. The van der Waals surface area contributed by atoms with Crippen molar-refractivity contribution in [3.63, 3.8) is 0 Å². The van der Waals surface area contributed by atoms with Crippen molar-refractivity contribution in [2.45, 2.75) is 25.8 Å². The zero-order valence-electron chi connectivity index (χ0n) is 17.8. The van der Waals surface area contributed by atoms with Crippen LogP contribution in [-0.2, 0) is 10.3 Å². The van der Waals surface area contributed by atoms with Crippen LogP contribution < -0.4 is 14.8 Å². The average Bonchev–Trinajstić information content (AvgIpc) is 3.01. The van der Waals surface area contributed by atoms with Gasteiger partial charge in [0.25, 0.3) is 5.91 Å². The number of carbonyl (C=O) groups excluding carboxylic acids is 2. The van der Waals surface area contributed by atoms with Crippen molar-refractivity contribution in [2.24, 2.45) is 0 Å². The van der Waals surface area contributed by atoms with Crippen molar-refractivity contribution in [2.75, 3.05) is 19.8 Å². The molecule has 1 saturated heterocycles. The number of amides is 3. The molecule has 3 aromatic carbocycles. The third-order valence-electron chi connectivity index (χ3n) is 5.48. The van der Waals surface area contributed by atoms with E-state index in [1.165, 1.54) is 4.90 Å². The SMILES string of the molecule is CCCOc1ccc(OCCN2C(=O)NC(C)(c3cccc4ccccc34)C2=O)cc1. The predicted molar refractivity (Wildman–Crippen MR) is 119 cm³/mol. The van der Waals surface area contributed by atoms with E-state index in [4.69, 9.17) is 9.47 Å². The minimum absolute atomic E-state index is 0.166. The Bertz CT molecular complexity index is 1090. The number of carbonyl (C=O) groups is 2. The van der Waals surface area contributed by atoms with Gasteiger partial charge in [-0.1, -0.05) is 49.4 Å². The maximum Gasteiger partial charge on any atom is 0.325 e. The molecule has 6 heteroatoms. The Kier molecular flexibility index (Phi) is 5.80. The number of rotatable bonds is 8. The lowest BCUT2D eigenvalue weighted by atomic mass is 9.88. The summed E-state index contributed by atoms with van der Waals surface area (Å²) in [5, 5.41) is 4.85. The van der Waals surface area contributed by atoms with Gasteiger partial charge in [-0.3, -0.25) is 9.69 Å². The highest BCUT2D eigenvalue weighted by Crippen LogP contribution is 2.33. The number of urea groups is 1. The van der Waals surface area contributed by atoms with E-state index in [9.17, 15) is 9.59 Å². The molecule has 1 fully saturated rings. The molecule has 1 atom stereocenters. The molecule has 0 spiro atoms. The van der Waals surface area contributed by atoms with E-state index in [0.717, 1.165) is 28.5 Å². The molecule has 0 bridgehead atoms. The van der Waals surface area contributed by atoms with E-state index in [1.54, 1.807) is 6.92 Å². The van der Waals surface area contributed by atoms with Crippen LogP contribution in [-0.4, -0.2) is 36.6 Å². The summed E-state index contributed by atoms with van der Waals surface area (Å²) >= 11 is 0. The Hall–Kier alpha value is -3.54. The molecule has 6 nitrogen and oxygen atoms in total. The molecule has 1 N–H and O–H groups in total. The summed E-state index contributed by atoms with van der Waals surface area (Å²) in [4.78, 5) is 27.1. The van der Waals surface area contributed by atoms with E-state index in [0.29, 0.717) is 12.4 Å². The van der Waals surface area contributed by atoms with Crippen molar-refractivity contribution in [3.8, 4) is 11.5 Å². The van der Waals surface area contributed by atoms with Crippen LogP contribution in [0.2, 0.25) is 0 Å².